The van der Waals surface area contributed by atoms with E-state index in [4.69, 9.17) is 4.74 Å². The van der Waals surface area contributed by atoms with Gasteiger partial charge in [-0.3, -0.25) is 4.68 Å². The van der Waals surface area contributed by atoms with Crippen LogP contribution >= 0.6 is 0 Å². The summed E-state index contributed by atoms with van der Waals surface area (Å²) >= 11 is 0. The van der Waals surface area contributed by atoms with Crippen molar-refractivity contribution in [3.05, 3.63) is 47.3 Å². The van der Waals surface area contributed by atoms with Gasteiger partial charge in [0.05, 0.1) is 19.3 Å². The summed E-state index contributed by atoms with van der Waals surface area (Å²) in [6, 6.07) is 10.2. The van der Waals surface area contributed by atoms with Crippen molar-refractivity contribution in [2.24, 2.45) is 0 Å². The zero-order valence-corrected chi connectivity index (χ0v) is 9.90. The van der Waals surface area contributed by atoms with E-state index in [1.54, 1.807) is 7.11 Å². The second kappa shape index (κ2) is 4.39. The molecule has 2 aromatic rings. The maximum Gasteiger partial charge on any atom is 0.118 e. The lowest BCUT2D eigenvalue weighted by molar-refractivity contribution is 0.414. The van der Waals surface area contributed by atoms with Gasteiger partial charge in [-0.25, -0.2) is 0 Å². The summed E-state index contributed by atoms with van der Waals surface area (Å²) in [4.78, 5) is 0. The highest BCUT2D eigenvalue weighted by molar-refractivity contribution is 5.27. The van der Waals surface area contributed by atoms with Crippen molar-refractivity contribution < 1.29 is 4.74 Å². The van der Waals surface area contributed by atoms with E-state index in [0.717, 1.165) is 18.0 Å². The topological polar surface area (TPSA) is 27.1 Å². The van der Waals surface area contributed by atoms with E-state index in [0.29, 0.717) is 0 Å². The highest BCUT2D eigenvalue weighted by Gasteiger charge is 2.01. The maximum absolute atomic E-state index is 5.12. The summed E-state index contributed by atoms with van der Waals surface area (Å²) in [5, 5.41) is 4.43. The molecule has 84 valence electrons. The number of benzene rings is 1. The summed E-state index contributed by atoms with van der Waals surface area (Å²) in [6.07, 6.45) is 0. The van der Waals surface area contributed by atoms with Crippen LogP contribution in [0.3, 0.4) is 0 Å². The number of ether oxygens (including phenoxy) is 1. The van der Waals surface area contributed by atoms with E-state index in [1.165, 1.54) is 11.3 Å². The Labute approximate surface area is 95.7 Å². The summed E-state index contributed by atoms with van der Waals surface area (Å²) in [5.74, 6) is 0.886. The number of aryl methyl sites for hydroxylation is 2. The Balaban J connectivity index is 2.17. The van der Waals surface area contributed by atoms with Crippen molar-refractivity contribution in [2.75, 3.05) is 7.11 Å². The van der Waals surface area contributed by atoms with Crippen LogP contribution in [0.4, 0.5) is 0 Å². The van der Waals surface area contributed by atoms with Crippen molar-refractivity contribution >= 4 is 0 Å². The third kappa shape index (κ3) is 2.24. The molecule has 2 rings (SSSR count). The fourth-order valence-electron chi connectivity index (χ4n) is 1.74. The Kier molecular flexibility index (Phi) is 2.95. The first kappa shape index (κ1) is 10.7. The van der Waals surface area contributed by atoms with Crippen LogP contribution in [0, 0.1) is 13.8 Å². The molecule has 0 aliphatic rings. The third-order valence-electron chi connectivity index (χ3n) is 2.59. The molecule has 0 fully saturated rings. The van der Waals surface area contributed by atoms with Gasteiger partial charge in [0.25, 0.3) is 0 Å². The standard InChI is InChI=1S/C13H16N2O/c1-10-8-11(2)15(14-10)9-12-4-6-13(16-3)7-5-12/h4-8H,9H2,1-3H3. The molecule has 0 aliphatic carbocycles. The summed E-state index contributed by atoms with van der Waals surface area (Å²) in [7, 11) is 1.68. The molecule has 1 aromatic heterocycles. The molecule has 1 heterocycles. The molecule has 0 spiro atoms. The average Bonchev–Trinajstić information content (AvgIpc) is 2.59. The van der Waals surface area contributed by atoms with Crippen LogP contribution in [-0.4, -0.2) is 16.9 Å². The van der Waals surface area contributed by atoms with Gasteiger partial charge in [0.2, 0.25) is 0 Å². The minimum absolute atomic E-state index is 0.809. The number of hydrogen-bond acceptors (Lipinski definition) is 2. The molecule has 0 bridgehead atoms. The van der Waals surface area contributed by atoms with Gasteiger partial charge in [-0.2, -0.15) is 5.10 Å². The van der Waals surface area contributed by atoms with Crippen LogP contribution in [0.5, 0.6) is 5.75 Å². The zero-order chi connectivity index (χ0) is 11.5. The highest BCUT2D eigenvalue weighted by atomic mass is 16.5. The van der Waals surface area contributed by atoms with Crippen molar-refractivity contribution in [3.63, 3.8) is 0 Å². The van der Waals surface area contributed by atoms with E-state index in [1.807, 2.05) is 23.7 Å². The third-order valence-corrected chi connectivity index (χ3v) is 2.59. The largest absolute Gasteiger partial charge is 0.497 e. The van der Waals surface area contributed by atoms with Crippen LogP contribution in [0.2, 0.25) is 0 Å². The van der Waals surface area contributed by atoms with Crippen molar-refractivity contribution in [3.8, 4) is 5.75 Å². The summed E-state index contributed by atoms with van der Waals surface area (Å²) in [5.41, 5.74) is 3.48. The molecule has 0 saturated heterocycles. The first-order chi connectivity index (χ1) is 7.69. The van der Waals surface area contributed by atoms with E-state index in [2.05, 4.69) is 30.2 Å². The molecular weight excluding hydrogens is 200 g/mol. The average molecular weight is 216 g/mol. The smallest absolute Gasteiger partial charge is 0.118 e. The molecule has 1 aromatic carbocycles. The molecule has 0 amide bonds. The lowest BCUT2D eigenvalue weighted by Crippen LogP contribution is -2.03. The Morgan fingerprint density at radius 2 is 1.88 bits per heavy atom. The fraction of sp³-hybridized carbons (Fsp3) is 0.308. The molecule has 3 heteroatoms. The quantitative estimate of drug-likeness (QED) is 0.788. The molecule has 0 atom stereocenters. The van der Waals surface area contributed by atoms with E-state index < -0.39 is 0 Å². The first-order valence-electron chi connectivity index (χ1n) is 5.33. The molecule has 0 saturated carbocycles. The van der Waals surface area contributed by atoms with E-state index in [-0.39, 0.29) is 0 Å². The Bertz CT molecular complexity index is 471. The lowest BCUT2D eigenvalue weighted by atomic mass is 10.2. The van der Waals surface area contributed by atoms with Crippen molar-refractivity contribution in [1.29, 1.82) is 0 Å². The van der Waals surface area contributed by atoms with Gasteiger partial charge in [0, 0.05) is 5.69 Å². The van der Waals surface area contributed by atoms with E-state index in [9.17, 15) is 0 Å². The highest BCUT2D eigenvalue weighted by Crippen LogP contribution is 2.13. The number of aromatic nitrogens is 2. The van der Waals surface area contributed by atoms with Crippen LogP contribution < -0.4 is 4.74 Å². The Morgan fingerprint density at radius 3 is 2.38 bits per heavy atom. The number of methoxy groups -OCH3 is 1. The molecular formula is C13H16N2O. The minimum atomic E-state index is 0.809. The second-order valence-electron chi connectivity index (χ2n) is 3.93. The zero-order valence-electron chi connectivity index (χ0n) is 9.90. The van der Waals surface area contributed by atoms with Gasteiger partial charge in [0.1, 0.15) is 5.75 Å². The van der Waals surface area contributed by atoms with Gasteiger partial charge in [-0.15, -0.1) is 0 Å². The molecule has 0 radical (unpaired) electrons. The normalized spacial score (nSPS) is 10.4. The van der Waals surface area contributed by atoms with Crippen LogP contribution in [0.15, 0.2) is 30.3 Å². The fourth-order valence-corrected chi connectivity index (χ4v) is 1.74. The monoisotopic (exact) mass is 216 g/mol. The van der Waals surface area contributed by atoms with Crippen LogP contribution in [0.1, 0.15) is 17.0 Å². The predicted molar refractivity (Wildman–Crippen MR) is 63.8 cm³/mol. The molecule has 16 heavy (non-hydrogen) atoms. The lowest BCUT2D eigenvalue weighted by Gasteiger charge is -2.05. The Morgan fingerprint density at radius 1 is 1.19 bits per heavy atom. The van der Waals surface area contributed by atoms with Gasteiger partial charge in [0.15, 0.2) is 0 Å². The van der Waals surface area contributed by atoms with Gasteiger partial charge < -0.3 is 4.74 Å². The van der Waals surface area contributed by atoms with Crippen LogP contribution in [0.25, 0.3) is 0 Å². The number of hydrogen-bond donors (Lipinski definition) is 0. The molecule has 0 unspecified atom stereocenters. The summed E-state index contributed by atoms with van der Waals surface area (Å²) in [6.45, 7) is 4.89. The number of rotatable bonds is 3. The second-order valence-corrected chi connectivity index (χ2v) is 3.93. The van der Waals surface area contributed by atoms with E-state index >= 15 is 0 Å². The van der Waals surface area contributed by atoms with Crippen molar-refractivity contribution in [1.82, 2.24) is 9.78 Å². The Hall–Kier alpha value is -1.77. The molecule has 0 aliphatic heterocycles. The van der Waals surface area contributed by atoms with Gasteiger partial charge >= 0.3 is 0 Å². The molecule has 3 nitrogen and oxygen atoms in total. The SMILES string of the molecule is COc1ccc(Cn2nc(C)cc2C)cc1. The minimum Gasteiger partial charge on any atom is -0.497 e. The van der Waals surface area contributed by atoms with Gasteiger partial charge in [-0.05, 0) is 37.6 Å². The maximum atomic E-state index is 5.12. The molecule has 0 N–H and O–H groups in total. The van der Waals surface area contributed by atoms with Gasteiger partial charge in [-0.1, -0.05) is 12.1 Å². The summed E-state index contributed by atoms with van der Waals surface area (Å²) < 4.78 is 7.14. The van der Waals surface area contributed by atoms with Crippen LogP contribution in [-0.2, 0) is 6.54 Å². The van der Waals surface area contributed by atoms with Crippen molar-refractivity contribution in [2.45, 2.75) is 20.4 Å². The number of nitrogens with zero attached hydrogens (tertiary/aromatic N) is 2. The first-order valence-corrected chi connectivity index (χ1v) is 5.33. The predicted octanol–water partition coefficient (Wildman–Crippen LogP) is 2.56.